The first-order chi connectivity index (χ1) is 11.2. The van der Waals surface area contributed by atoms with Crippen LogP contribution in [0, 0.1) is 0 Å². The maximum absolute atomic E-state index is 10.4. The molecule has 0 bridgehead atoms. The zero-order chi connectivity index (χ0) is 15.7. The van der Waals surface area contributed by atoms with Gasteiger partial charge in [-0.2, -0.15) is 0 Å². The van der Waals surface area contributed by atoms with Crippen molar-refractivity contribution in [2.24, 2.45) is 0 Å². The first-order valence-electron chi connectivity index (χ1n) is 8.19. The van der Waals surface area contributed by atoms with Gasteiger partial charge in [-0.25, -0.2) is 0 Å². The lowest BCUT2D eigenvalue weighted by Gasteiger charge is -2.25. The van der Waals surface area contributed by atoms with E-state index in [1.807, 2.05) is 6.07 Å². The molecule has 0 spiro atoms. The fourth-order valence-corrected chi connectivity index (χ4v) is 4.21. The highest BCUT2D eigenvalue weighted by Gasteiger charge is 2.54. The molecule has 1 aliphatic carbocycles. The summed E-state index contributed by atoms with van der Waals surface area (Å²) in [6, 6.07) is 14.7. The van der Waals surface area contributed by atoms with E-state index in [-0.39, 0.29) is 12.2 Å². The third-order valence-corrected chi connectivity index (χ3v) is 5.37. The minimum absolute atomic E-state index is 0.0852. The van der Waals surface area contributed by atoms with Crippen molar-refractivity contribution in [2.75, 3.05) is 0 Å². The summed E-state index contributed by atoms with van der Waals surface area (Å²) in [5.41, 5.74) is 3.20. The van der Waals surface area contributed by atoms with Crippen molar-refractivity contribution in [1.82, 2.24) is 0 Å². The lowest BCUT2D eigenvalue weighted by molar-refractivity contribution is 0.000105. The second-order valence-electron chi connectivity index (χ2n) is 6.55. The van der Waals surface area contributed by atoms with Gasteiger partial charge in [-0.3, -0.25) is 0 Å². The highest BCUT2D eigenvalue weighted by Crippen LogP contribution is 2.53. The SMILES string of the molecule is CCc1c2ccccc2cc2c3c(ccc12)[C@H](O)[C@@H](O)C1O[C@H]31. The molecule has 1 heterocycles. The van der Waals surface area contributed by atoms with Crippen LogP contribution in [0.4, 0.5) is 0 Å². The van der Waals surface area contributed by atoms with Gasteiger partial charge in [0.15, 0.2) is 0 Å². The van der Waals surface area contributed by atoms with Crippen LogP contribution < -0.4 is 0 Å². The first-order valence-corrected chi connectivity index (χ1v) is 8.19. The van der Waals surface area contributed by atoms with Gasteiger partial charge in [0.05, 0.1) is 0 Å². The Bertz CT molecular complexity index is 946. The van der Waals surface area contributed by atoms with Crippen LogP contribution in [0.3, 0.4) is 0 Å². The number of hydrogen-bond donors (Lipinski definition) is 2. The molecule has 23 heavy (non-hydrogen) atoms. The van der Waals surface area contributed by atoms with Gasteiger partial charge in [0, 0.05) is 0 Å². The lowest BCUT2D eigenvalue weighted by Crippen LogP contribution is -2.29. The van der Waals surface area contributed by atoms with Gasteiger partial charge in [0.2, 0.25) is 0 Å². The summed E-state index contributed by atoms with van der Waals surface area (Å²) in [5.74, 6) is 0. The van der Waals surface area contributed by atoms with Crippen molar-refractivity contribution in [3.63, 3.8) is 0 Å². The molecule has 0 amide bonds. The van der Waals surface area contributed by atoms with Gasteiger partial charge in [0.25, 0.3) is 0 Å². The third-order valence-electron chi connectivity index (χ3n) is 5.37. The van der Waals surface area contributed by atoms with Crippen LogP contribution in [0.2, 0.25) is 0 Å². The summed E-state index contributed by atoms with van der Waals surface area (Å²) in [7, 11) is 0. The molecule has 3 aromatic rings. The number of aliphatic hydroxyl groups excluding tert-OH is 2. The van der Waals surface area contributed by atoms with Crippen LogP contribution in [0.25, 0.3) is 21.5 Å². The molecule has 1 fully saturated rings. The van der Waals surface area contributed by atoms with Gasteiger partial charge in [-0.1, -0.05) is 43.3 Å². The maximum atomic E-state index is 10.4. The molecule has 0 aromatic heterocycles. The van der Waals surface area contributed by atoms with Crippen molar-refractivity contribution >= 4 is 21.5 Å². The Morgan fingerprint density at radius 2 is 1.83 bits per heavy atom. The number of benzene rings is 3. The zero-order valence-corrected chi connectivity index (χ0v) is 12.9. The van der Waals surface area contributed by atoms with Gasteiger partial charge in [0.1, 0.15) is 24.4 Å². The third kappa shape index (κ3) is 1.70. The zero-order valence-electron chi connectivity index (χ0n) is 12.9. The predicted molar refractivity (Wildman–Crippen MR) is 89.4 cm³/mol. The minimum Gasteiger partial charge on any atom is -0.387 e. The molecule has 1 aliphatic heterocycles. The van der Waals surface area contributed by atoms with Crippen molar-refractivity contribution in [1.29, 1.82) is 0 Å². The van der Waals surface area contributed by atoms with Crippen LogP contribution in [0.15, 0.2) is 42.5 Å². The van der Waals surface area contributed by atoms with Gasteiger partial charge < -0.3 is 14.9 Å². The van der Waals surface area contributed by atoms with Crippen LogP contribution >= 0.6 is 0 Å². The van der Waals surface area contributed by atoms with Crippen LogP contribution in [0.5, 0.6) is 0 Å². The van der Waals surface area contributed by atoms with E-state index >= 15 is 0 Å². The van der Waals surface area contributed by atoms with Gasteiger partial charge >= 0.3 is 0 Å². The molecule has 1 unspecified atom stereocenters. The summed E-state index contributed by atoms with van der Waals surface area (Å²) in [6.45, 7) is 2.18. The Labute approximate surface area is 134 Å². The maximum Gasteiger partial charge on any atom is 0.118 e. The van der Waals surface area contributed by atoms with Crippen molar-refractivity contribution in [3.05, 3.63) is 59.2 Å². The van der Waals surface area contributed by atoms with Crippen molar-refractivity contribution < 1.29 is 14.9 Å². The van der Waals surface area contributed by atoms with E-state index in [9.17, 15) is 10.2 Å². The Hall–Kier alpha value is -1.94. The Morgan fingerprint density at radius 3 is 2.65 bits per heavy atom. The summed E-state index contributed by atoms with van der Waals surface area (Å²) in [4.78, 5) is 0. The summed E-state index contributed by atoms with van der Waals surface area (Å²) >= 11 is 0. The molecule has 3 aromatic carbocycles. The fraction of sp³-hybridized carbons (Fsp3) is 0.300. The average molecular weight is 306 g/mol. The molecule has 3 nitrogen and oxygen atoms in total. The standard InChI is InChI=1S/C20H18O3/c1-2-11-12-6-4-3-5-10(12)9-15-13(11)7-8-14-16(15)19-20(23-19)18(22)17(14)21/h3-9,17-22H,2H2,1H3/t17-,18+,19+,20?/m0/s1. The van der Waals surface area contributed by atoms with E-state index in [1.54, 1.807) is 0 Å². The highest BCUT2D eigenvalue weighted by molar-refractivity contribution is 6.04. The molecule has 3 heteroatoms. The molecule has 1 saturated heterocycles. The molecular weight excluding hydrogens is 288 g/mol. The van der Waals surface area contributed by atoms with Crippen molar-refractivity contribution in [3.8, 4) is 0 Å². The lowest BCUT2D eigenvalue weighted by atomic mass is 9.82. The minimum atomic E-state index is -0.866. The molecule has 2 N–H and O–H groups in total. The first kappa shape index (κ1) is 13.5. The Balaban J connectivity index is 1.91. The molecule has 2 aliphatic rings. The van der Waals surface area contributed by atoms with Crippen LogP contribution in [0.1, 0.15) is 35.8 Å². The number of fused-ring (bicyclic) bond motifs is 6. The second-order valence-corrected chi connectivity index (χ2v) is 6.55. The number of hydrogen-bond acceptors (Lipinski definition) is 3. The second kappa shape index (κ2) is 4.54. The monoisotopic (exact) mass is 306 g/mol. The molecule has 5 rings (SSSR count). The number of epoxide rings is 1. The molecule has 0 saturated carbocycles. The molecule has 4 atom stereocenters. The fourth-order valence-electron chi connectivity index (χ4n) is 4.21. The number of aryl methyl sites for hydroxylation is 1. The van der Waals surface area contributed by atoms with E-state index in [0.29, 0.717) is 0 Å². The Kier molecular flexibility index (Phi) is 2.66. The van der Waals surface area contributed by atoms with Crippen molar-refractivity contribution in [2.45, 2.75) is 37.8 Å². The summed E-state index contributed by atoms with van der Waals surface area (Å²) < 4.78 is 5.67. The highest BCUT2D eigenvalue weighted by atomic mass is 16.6. The van der Waals surface area contributed by atoms with Crippen LogP contribution in [-0.2, 0) is 11.2 Å². The molecule has 116 valence electrons. The number of rotatable bonds is 1. The summed E-state index contributed by atoms with van der Waals surface area (Å²) in [5, 5.41) is 25.4. The molecule has 0 radical (unpaired) electrons. The predicted octanol–water partition coefficient (Wildman–Crippen LogP) is 3.40. The topological polar surface area (TPSA) is 53.0 Å². The van der Waals surface area contributed by atoms with Gasteiger partial charge in [-0.15, -0.1) is 0 Å². The van der Waals surface area contributed by atoms with E-state index in [1.165, 1.54) is 21.7 Å². The largest absolute Gasteiger partial charge is 0.387 e. The smallest absolute Gasteiger partial charge is 0.118 e. The molecular formula is C20H18O3. The van der Waals surface area contributed by atoms with E-state index in [0.717, 1.165) is 22.9 Å². The average Bonchev–Trinajstić information content (AvgIpc) is 3.37. The quantitative estimate of drug-likeness (QED) is 0.535. The number of ether oxygens (including phenoxy) is 1. The normalized spacial score (nSPS) is 28.7. The summed E-state index contributed by atoms with van der Waals surface area (Å²) in [6.07, 6.45) is -1.08. The number of aliphatic hydroxyl groups is 2. The van der Waals surface area contributed by atoms with E-state index in [2.05, 4.69) is 43.3 Å². The van der Waals surface area contributed by atoms with Crippen LogP contribution in [-0.4, -0.2) is 22.4 Å². The van der Waals surface area contributed by atoms with Gasteiger partial charge in [-0.05, 0) is 50.7 Å². The Morgan fingerprint density at radius 1 is 1.00 bits per heavy atom. The van der Waals surface area contributed by atoms with E-state index < -0.39 is 12.2 Å². The van der Waals surface area contributed by atoms with E-state index in [4.69, 9.17) is 4.74 Å².